The van der Waals surface area contributed by atoms with Crippen LogP contribution in [-0.4, -0.2) is 39.2 Å². The summed E-state index contributed by atoms with van der Waals surface area (Å²) in [5.74, 6) is 0.179. The van der Waals surface area contributed by atoms with Gasteiger partial charge in [0.25, 0.3) is 5.56 Å². The van der Waals surface area contributed by atoms with E-state index in [9.17, 15) is 9.59 Å². The molecule has 0 saturated carbocycles. The van der Waals surface area contributed by atoms with Gasteiger partial charge in [0.05, 0.1) is 11.1 Å². The van der Waals surface area contributed by atoms with Crippen LogP contribution in [0, 0.1) is 0 Å². The first kappa shape index (κ1) is 21.6. The third-order valence-electron chi connectivity index (χ3n) is 4.98. The Kier molecular flexibility index (Phi) is 7.50. The molecule has 0 atom stereocenters. The number of hydrogen-bond donors (Lipinski definition) is 0. The highest BCUT2D eigenvalue weighted by Gasteiger charge is 2.22. The molecular formula is C22H27N3O2S2. The fourth-order valence-corrected chi connectivity index (χ4v) is 5.82. The molecule has 3 rings (SSSR count). The first-order valence-electron chi connectivity index (χ1n) is 9.89. The Balaban J connectivity index is 1.95. The number of thioether (sulfide) groups is 1. The topological polar surface area (TPSA) is 55.2 Å². The molecule has 1 aliphatic carbocycles. The van der Waals surface area contributed by atoms with Crippen LogP contribution < -0.4 is 5.56 Å². The van der Waals surface area contributed by atoms with Crippen molar-refractivity contribution in [3.05, 3.63) is 58.8 Å². The highest BCUT2D eigenvalue weighted by molar-refractivity contribution is 7.99. The minimum atomic E-state index is -0.0312. The Bertz CT molecular complexity index is 980. The minimum absolute atomic E-state index is 0.0155. The molecule has 0 N–H and O–H groups in total. The summed E-state index contributed by atoms with van der Waals surface area (Å²) in [6, 6.07) is 0. The van der Waals surface area contributed by atoms with E-state index in [0.717, 1.165) is 29.5 Å². The van der Waals surface area contributed by atoms with E-state index in [0.29, 0.717) is 24.8 Å². The van der Waals surface area contributed by atoms with E-state index in [-0.39, 0.29) is 17.2 Å². The monoisotopic (exact) mass is 429 g/mol. The van der Waals surface area contributed by atoms with Crippen LogP contribution in [0.2, 0.25) is 0 Å². The summed E-state index contributed by atoms with van der Waals surface area (Å²) < 4.78 is 1.65. The second-order valence-corrected chi connectivity index (χ2v) is 9.03. The maximum absolute atomic E-state index is 13.3. The maximum atomic E-state index is 13.3. The SMILES string of the molecule is C=CCN(CC=C)C(=O)CSc1nc2sc3c(c2c(=O)n1CC=C)CCCCC3. The summed E-state index contributed by atoms with van der Waals surface area (Å²) in [6.07, 6.45) is 10.6. The average Bonchev–Trinajstić information content (AvgIpc) is 2.89. The van der Waals surface area contributed by atoms with Gasteiger partial charge in [-0.05, 0) is 31.2 Å². The van der Waals surface area contributed by atoms with Crippen molar-refractivity contribution in [2.45, 2.75) is 43.8 Å². The van der Waals surface area contributed by atoms with Crippen LogP contribution in [0.3, 0.4) is 0 Å². The first-order chi connectivity index (χ1) is 14.1. The predicted molar refractivity (Wildman–Crippen MR) is 123 cm³/mol. The van der Waals surface area contributed by atoms with Crippen molar-refractivity contribution < 1.29 is 4.79 Å². The number of carbonyl (C=O) groups excluding carboxylic acids is 1. The first-order valence-corrected chi connectivity index (χ1v) is 11.7. The Morgan fingerprint density at radius 2 is 1.86 bits per heavy atom. The van der Waals surface area contributed by atoms with Gasteiger partial charge in [0, 0.05) is 24.5 Å². The standard InChI is InChI=1S/C22H27N3O2S2/c1-4-12-24(13-5-2)18(26)15-28-22-23-20-19(21(27)25(22)14-6-3)16-10-8-7-9-11-17(16)29-20/h4-6H,1-3,7-15H2. The van der Waals surface area contributed by atoms with Crippen LogP contribution in [0.25, 0.3) is 10.2 Å². The van der Waals surface area contributed by atoms with Gasteiger partial charge in [0.2, 0.25) is 5.91 Å². The van der Waals surface area contributed by atoms with Gasteiger partial charge < -0.3 is 4.90 Å². The number of rotatable bonds is 9. The number of nitrogens with zero attached hydrogens (tertiary/aromatic N) is 3. The summed E-state index contributed by atoms with van der Waals surface area (Å²) in [7, 11) is 0. The van der Waals surface area contributed by atoms with Gasteiger partial charge >= 0.3 is 0 Å². The zero-order valence-corrected chi connectivity index (χ0v) is 18.3. The van der Waals surface area contributed by atoms with Gasteiger partial charge in [-0.3, -0.25) is 14.2 Å². The van der Waals surface area contributed by atoms with Crippen molar-refractivity contribution in [3.63, 3.8) is 0 Å². The average molecular weight is 430 g/mol. The zero-order valence-electron chi connectivity index (χ0n) is 16.7. The zero-order chi connectivity index (χ0) is 20.8. The van der Waals surface area contributed by atoms with E-state index in [2.05, 4.69) is 19.7 Å². The summed E-state index contributed by atoms with van der Waals surface area (Å²) in [5, 5.41) is 1.34. The van der Waals surface area contributed by atoms with Crippen molar-refractivity contribution in [1.29, 1.82) is 0 Å². The van der Waals surface area contributed by atoms with Crippen LogP contribution in [0.15, 0.2) is 47.9 Å². The molecule has 0 bridgehead atoms. The molecule has 154 valence electrons. The van der Waals surface area contributed by atoms with Gasteiger partial charge in [0.1, 0.15) is 4.83 Å². The molecule has 2 aromatic rings. The second-order valence-electron chi connectivity index (χ2n) is 7.01. The van der Waals surface area contributed by atoms with E-state index in [1.54, 1.807) is 39.0 Å². The molecule has 1 aliphatic rings. The van der Waals surface area contributed by atoms with Crippen LogP contribution in [0.4, 0.5) is 0 Å². The fraction of sp³-hybridized carbons (Fsp3) is 0.409. The van der Waals surface area contributed by atoms with Crippen molar-refractivity contribution in [1.82, 2.24) is 14.5 Å². The summed E-state index contributed by atoms with van der Waals surface area (Å²) in [6.45, 7) is 12.5. The molecular weight excluding hydrogens is 402 g/mol. The number of aromatic nitrogens is 2. The lowest BCUT2D eigenvalue weighted by molar-refractivity contribution is -0.127. The maximum Gasteiger partial charge on any atom is 0.263 e. The fourth-order valence-electron chi connectivity index (χ4n) is 3.60. The number of hydrogen-bond acceptors (Lipinski definition) is 5. The Morgan fingerprint density at radius 1 is 1.14 bits per heavy atom. The molecule has 5 nitrogen and oxygen atoms in total. The second kappa shape index (κ2) is 10.1. The number of aryl methyl sites for hydroxylation is 2. The van der Waals surface area contributed by atoms with Crippen LogP contribution >= 0.6 is 23.1 Å². The quantitative estimate of drug-likeness (QED) is 0.259. The Labute approximate surface area is 179 Å². The van der Waals surface area contributed by atoms with Crippen LogP contribution in [-0.2, 0) is 24.2 Å². The molecule has 0 unspecified atom stereocenters. The van der Waals surface area contributed by atoms with Crippen molar-refractivity contribution >= 4 is 39.2 Å². The Morgan fingerprint density at radius 3 is 2.55 bits per heavy atom. The van der Waals surface area contributed by atoms with Crippen LogP contribution in [0.5, 0.6) is 0 Å². The van der Waals surface area contributed by atoms with E-state index < -0.39 is 0 Å². The largest absolute Gasteiger partial charge is 0.335 e. The Hall–Kier alpha value is -2.12. The molecule has 0 saturated heterocycles. The molecule has 7 heteroatoms. The minimum Gasteiger partial charge on any atom is -0.335 e. The van der Waals surface area contributed by atoms with Crippen molar-refractivity contribution in [2.24, 2.45) is 0 Å². The van der Waals surface area contributed by atoms with E-state index in [1.807, 2.05) is 0 Å². The molecule has 2 heterocycles. The lowest BCUT2D eigenvalue weighted by atomic mass is 10.1. The molecule has 0 aromatic carbocycles. The third kappa shape index (κ3) is 4.73. The van der Waals surface area contributed by atoms with E-state index >= 15 is 0 Å². The van der Waals surface area contributed by atoms with Crippen molar-refractivity contribution in [3.8, 4) is 0 Å². The molecule has 2 aromatic heterocycles. The molecule has 0 aliphatic heterocycles. The normalized spacial score (nSPS) is 13.5. The molecule has 0 fully saturated rings. The molecule has 0 spiro atoms. The number of fused-ring (bicyclic) bond motifs is 3. The number of amides is 1. The summed E-state index contributed by atoms with van der Waals surface area (Å²) in [4.78, 5) is 34.5. The van der Waals surface area contributed by atoms with Crippen molar-refractivity contribution in [2.75, 3.05) is 18.8 Å². The van der Waals surface area contributed by atoms with E-state index in [1.165, 1.54) is 35.0 Å². The van der Waals surface area contributed by atoms with Gasteiger partial charge in [-0.2, -0.15) is 0 Å². The van der Waals surface area contributed by atoms with Gasteiger partial charge in [-0.15, -0.1) is 31.1 Å². The van der Waals surface area contributed by atoms with E-state index in [4.69, 9.17) is 4.98 Å². The summed E-state index contributed by atoms with van der Waals surface area (Å²) in [5.41, 5.74) is 1.17. The lowest BCUT2D eigenvalue weighted by Crippen LogP contribution is -2.33. The molecule has 0 radical (unpaired) electrons. The summed E-state index contributed by atoms with van der Waals surface area (Å²) >= 11 is 2.94. The number of thiophene rings is 1. The van der Waals surface area contributed by atoms with Gasteiger partial charge in [-0.1, -0.05) is 36.4 Å². The smallest absolute Gasteiger partial charge is 0.263 e. The number of allylic oxidation sites excluding steroid dienone is 1. The van der Waals surface area contributed by atoms with Gasteiger partial charge in [-0.25, -0.2) is 4.98 Å². The number of carbonyl (C=O) groups is 1. The van der Waals surface area contributed by atoms with Gasteiger partial charge in [0.15, 0.2) is 5.16 Å². The predicted octanol–water partition coefficient (Wildman–Crippen LogP) is 4.21. The third-order valence-corrected chi connectivity index (χ3v) is 7.12. The highest BCUT2D eigenvalue weighted by Crippen LogP contribution is 2.34. The molecule has 1 amide bonds. The lowest BCUT2D eigenvalue weighted by Gasteiger charge is -2.19. The molecule has 29 heavy (non-hydrogen) atoms. The van der Waals surface area contributed by atoms with Crippen LogP contribution in [0.1, 0.15) is 29.7 Å². The highest BCUT2D eigenvalue weighted by atomic mass is 32.2.